The van der Waals surface area contributed by atoms with Crippen LogP contribution in [0.15, 0.2) is 58.1 Å². The number of allylic oxidation sites excluding steroid dienone is 1. The van der Waals surface area contributed by atoms with Gasteiger partial charge in [0, 0.05) is 18.0 Å². The first kappa shape index (κ1) is 19.7. The summed E-state index contributed by atoms with van der Waals surface area (Å²) in [5.41, 5.74) is 1.22. The van der Waals surface area contributed by atoms with Gasteiger partial charge in [-0.15, -0.1) is 6.58 Å². The van der Waals surface area contributed by atoms with Crippen molar-refractivity contribution in [2.24, 2.45) is 0 Å². The maximum absolute atomic E-state index is 12.8. The minimum Gasteiger partial charge on any atom is -0.463 e. The number of carbonyl (C=O) groups is 2. The molecule has 1 aliphatic heterocycles. The van der Waals surface area contributed by atoms with Crippen LogP contribution in [0.25, 0.3) is 10.9 Å². The molecule has 0 bridgehead atoms. The zero-order valence-electron chi connectivity index (χ0n) is 15.4. The van der Waals surface area contributed by atoms with Crippen molar-refractivity contribution in [1.82, 2.24) is 20.2 Å². The van der Waals surface area contributed by atoms with Crippen LogP contribution in [-0.2, 0) is 16.1 Å². The molecule has 0 unspecified atom stereocenters. The topological polar surface area (TPSA) is 102 Å². The first-order valence-electron chi connectivity index (χ1n) is 8.72. The Labute approximate surface area is 165 Å². The fraction of sp³-hybridized carbons (Fsp3) is 0.263. The zero-order valence-corrected chi connectivity index (χ0v) is 16.2. The minimum atomic E-state index is -0.486. The number of rotatable bonds is 7. The van der Waals surface area contributed by atoms with E-state index in [2.05, 4.69) is 22.2 Å². The Hall–Kier alpha value is -3.07. The van der Waals surface area contributed by atoms with Gasteiger partial charge in [0.2, 0.25) is 0 Å². The maximum Gasteiger partial charge on any atom is 0.337 e. The Morgan fingerprint density at radius 2 is 2.18 bits per heavy atom. The molecule has 2 amide bonds. The molecule has 2 aromatic rings. The van der Waals surface area contributed by atoms with Crippen LogP contribution in [0, 0.1) is 0 Å². The Morgan fingerprint density at radius 1 is 1.39 bits per heavy atom. The summed E-state index contributed by atoms with van der Waals surface area (Å²) < 4.78 is 6.58. The van der Waals surface area contributed by atoms with Gasteiger partial charge in [-0.05, 0) is 19.1 Å². The Bertz CT molecular complexity index is 1030. The van der Waals surface area contributed by atoms with Gasteiger partial charge in [0.25, 0.3) is 5.56 Å². The van der Waals surface area contributed by atoms with E-state index >= 15 is 0 Å². The molecule has 1 aliphatic rings. The number of hydrogen-bond donors (Lipinski definition) is 2. The lowest BCUT2D eigenvalue weighted by atomic mass is 10.2. The number of thioether (sulfide) groups is 1. The molecule has 3 rings (SSSR count). The highest BCUT2D eigenvalue weighted by molar-refractivity contribution is 7.99. The van der Waals surface area contributed by atoms with E-state index in [9.17, 15) is 14.4 Å². The summed E-state index contributed by atoms with van der Waals surface area (Å²) >= 11 is 1.26. The number of esters is 1. The van der Waals surface area contributed by atoms with Gasteiger partial charge < -0.3 is 15.4 Å². The second-order valence-electron chi connectivity index (χ2n) is 5.89. The highest BCUT2D eigenvalue weighted by Gasteiger charge is 2.24. The fourth-order valence-electron chi connectivity index (χ4n) is 2.75. The summed E-state index contributed by atoms with van der Waals surface area (Å²) in [6, 6.07) is 6.72. The van der Waals surface area contributed by atoms with Crippen molar-refractivity contribution in [1.29, 1.82) is 0 Å². The summed E-state index contributed by atoms with van der Waals surface area (Å²) in [4.78, 5) is 41.2. The van der Waals surface area contributed by atoms with E-state index in [1.54, 1.807) is 31.2 Å². The van der Waals surface area contributed by atoms with E-state index in [-0.39, 0.29) is 24.5 Å². The van der Waals surface area contributed by atoms with Crippen LogP contribution in [0.5, 0.6) is 0 Å². The molecule has 8 nitrogen and oxygen atoms in total. The Morgan fingerprint density at radius 3 is 2.93 bits per heavy atom. The van der Waals surface area contributed by atoms with Crippen LogP contribution in [0.3, 0.4) is 0 Å². The van der Waals surface area contributed by atoms with Gasteiger partial charge in [-0.2, -0.15) is 0 Å². The predicted molar refractivity (Wildman–Crippen MR) is 107 cm³/mol. The lowest BCUT2D eigenvalue weighted by Crippen LogP contribution is -2.44. The summed E-state index contributed by atoms with van der Waals surface area (Å²) in [6.45, 7) is 6.05. The number of aromatic nitrogens is 2. The summed E-state index contributed by atoms with van der Waals surface area (Å²) in [7, 11) is 0. The maximum atomic E-state index is 12.8. The number of nitrogens with zero attached hydrogens (tertiary/aromatic N) is 2. The first-order valence-corrected chi connectivity index (χ1v) is 9.71. The molecular formula is C19H20N4O4S. The lowest BCUT2D eigenvalue weighted by molar-refractivity contribution is -0.138. The van der Waals surface area contributed by atoms with Crippen molar-refractivity contribution >= 4 is 34.7 Å². The van der Waals surface area contributed by atoms with Crippen LogP contribution in [-0.4, -0.2) is 40.5 Å². The molecule has 0 spiro atoms. The predicted octanol–water partition coefficient (Wildman–Crippen LogP) is 1.80. The second-order valence-corrected chi connectivity index (χ2v) is 6.83. The number of hydrogen-bond acceptors (Lipinski definition) is 6. The van der Waals surface area contributed by atoms with Crippen LogP contribution in [0.1, 0.15) is 6.92 Å². The number of urea groups is 1. The number of nitrogens with one attached hydrogen (secondary N) is 2. The van der Waals surface area contributed by atoms with Crippen molar-refractivity contribution in [2.45, 2.75) is 18.6 Å². The average Bonchev–Trinajstić information content (AvgIpc) is 2.69. The van der Waals surface area contributed by atoms with Crippen LogP contribution in [0.4, 0.5) is 4.79 Å². The molecule has 0 fully saturated rings. The lowest BCUT2D eigenvalue weighted by Gasteiger charge is -2.21. The SMILES string of the molecule is C=CCn1c(SCC2=C(C(=O)OCC)CNC(=O)N2)nc2ccccc2c1=O. The number of fused-ring (bicyclic) bond motifs is 1. The molecule has 0 radical (unpaired) electrons. The molecule has 28 heavy (non-hydrogen) atoms. The summed E-state index contributed by atoms with van der Waals surface area (Å²) in [6.07, 6.45) is 1.62. The molecule has 1 aromatic carbocycles. The Balaban J connectivity index is 1.96. The molecular weight excluding hydrogens is 380 g/mol. The van der Waals surface area contributed by atoms with Gasteiger partial charge in [0.15, 0.2) is 5.16 Å². The minimum absolute atomic E-state index is 0.0885. The van der Waals surface area contributed by atoms with Gasteiger partial charge in [0.1, 0.15) is 0 Å². The molecule has 1 aromatic heterocycles. The molecule has 0 saturated heterocycles. The quantitative estimate of drug-likeness (QED) is 0.318. The van der Waals surface area contributed by atoms with Gasteiger partial charge in [0.05, 0.1) is 29.6 Å². The molecule has 9 heteroatoms. The van der Waals surface area contributed by atoms with Crippen LogP contribution in [0.2, 0.25) is 0 Å². The third-order valence-electron chi connectivity index (χ3n) is 4.06. The molecule has 0 atom stereocenters. The summed E-state index contributed by atoms with van der Waals surface area (Å²) in [5.74, 6) is -0.232. The molecule has 0 saturated carbocycles. The number of amides is 2. The largest absolute Gasteiger partial charge is 0.463 e. The molecule has 0 aliphatic carbocycles. The van der Waals surface area contributed by atoms with Crippen molar-refractivity contribution < 1.29 is 14.3 Å². The van der Waals surface area contributed by atoms with Crippen LogP contribution < -0.4 is 16.2 Å². The van der Waals surface area contributed by atoms with Crippen LogP contribution >= 0.6 is 11.8 Å². The van der Waals surface area contributed by atoms with E-state index in [1.165, 1.54) is 16.3 Å². The molecule has 146 valence electrons. The van der Waals surface area contributed by atoms with Gasteiger partial charge in [-0.1, -0.05) is 30.0 Å². The van der Waals surface area contributed by atoms with E-state index < -0.39 is 12.0 Å². The standard InChI is InChI=1S/C19H20N4O4S/c1-3-9-23-16(24)12-7-5-6-8-14(12)22-19(23)28-11-15-13(17(25)27-4-2)10-20-18(26)21-15/h3,5-8H,1,4,9-11H2,2H3,(H2,20,21,26). The van der Waals surface area contributed by atoms with Gasteiger partial charge in [-0.3, -0.25) is 9.36 Å². The van der Waals surface area contributed by atoms with Crippen molar-refractivity contribution in [3.8, 4) is 0 Å². The van der Waals surface area contributed by atoms with Crippen molar-refractivity contribution in [3.63, 3.8) is 0 Å². The number of carbonyl (C=O) groups excluding carboxylic acids is 2. The van der Waals surface area contributed by atoms with E-state index in [4.69, 9.17) is 4.74 Å². The molecule has 2 heterocycles. The third kappa shape index (κ3) is 4.09. The smallest absolute Gasteiger partial charge is 0.337 e. The second kappa shape index (κ2) is 8.75. The van der Waals surface area contributed by atoms with E-state index in [0.29, 0.717) is 33.9 Å². The molecule has 2 N–H and O–H groups in total. The van der Waals surface area contributed by atoms with E-state index in [0.717, 1.165) is 0 Å². The van der Waals surface area contributed by atoms with Crippen molar-refractivity contribution in [3.05, 3.63) is 58.5 Å². The monoisotopic (exact) mass is 400 g/mol. The normalized spacial score (nSPS) is 13.8. The number of para-hydroxylation sites is 1. The first-order chi connectivity index (χ1) is 13.5. The third-order valence-corrected chi connectivity index (χ3v) is 5.06. The zero-order chi connectivity index (χ0) is 20.1. The fourth-order valence-corrected chi connectivity index (χ4v) is 3.75. The highest BCUT2D eigenvalue weighted by atomic mass is 32.2. The van der Waals surface area contributed by atoms with E-state index in [1.807, 2.05) is 6.07 Å². The van der Waals surface area contributed by atoms with Crippen molar-refractivity contribution in [2.75, 3.05) is 18.9 Å². The average molecular weight is 400 g/mol. The van der Waals surface area contributed by atoms with Gasteiger partial charge in [-0.25, -0.2) is 14.6 Å². The van der Waals surface area contributed by atoms with Gasteiger partial charge >= 0.3 is 12.0 Å². The Kier molecular flexibility index (Phi) is 6.15. The number of benzene rings is 1. The number of ether oxygens (including phenoxy) is 1. The summed E-state index contributed by atoms with van der Waals surface area (Å²) in [5, 5.41) is 6.22. The highest BCUT2D eigenvalue weighted by Crippen LogP contribution is 2.22.